The fraction of sp³-hybridized carbons (Fsp3) is 0.231. The van der Waals surface area contributed by atoms with Gasteiger partial charge in [0.25, 0.3) is 11.6 Å². The van der Waals surface area contributed by atoms with Crippen LogP contribution in [0.1, 0.15) is 15.9 Å². The molecule has 7 nitrogen and oxygen atoms in total. The molecule has 0 radical (unpaired) electrons. The molecule has 0 heterocycles. The molecule has 1 rings (SSSR count). The number of terminal acetylenes is 1. The molecule has 0 spiro atoms. The number of aliphatic carboxylic acids is 1. The lowest BCUT2D eigenvalue weighted by molar-refractivity contribution is -0.385. The van der Waals surface area contributed by atoms with Crippen LogP contribution in [0.4, 0.5) is 5.69 Å². The molecule has 0 aromatic heterocycles. The molecule has 0 aliphatic carbocycles. The Morgan fingerprint density at radius 2 is 2.15 bits per heavy atom. The van der Waals surface area contributed by atoms with Crippen LogP contribution in [0, 0.1) is 29.4 Å². The van der Waals surface area contributed by atoms with Gasteiger partial charge in [0.15, 0.2) is 0 Å². The van der Waals surface area contributed by atoms with Gasteiger partial charge in [0.2, 0.25) is 0 Å². The van der Waals surface area contributed by atoms with Crippen molar-refractivity contribution in [2.24, 2.45) is 0 Å². The Morgan fingerprint density at radius 3 is 2.65 bits per heavy atom. The van der Waals surface area contributed by atoms with E-state index in [0.717, 1.165) is 4.90 Å². The van der Waals surface area contributed by atoms with E-state index in [0.29, 0.717) is 5.56 Å². The van der Waals surface area contributed by atoms with E-state index in [2.05, 4.69) is 5.92 Å². The summed E-state index contributed by atoms with van der Waals surface area (Å²) in [6.07, 6.45) is 5.09. The molecule has 20 heavy (non-hydrogen) atoms. The van der Waals surface area contributed by atoms with Gasteiger partial charge in [0, 0.05) is 6.07 Å². The molecule has 1 amide bonds. The smallest absolute Gasteiger partial charge is 0.323 e. The highest BCUT2D eigenvalue weighted by Gasteiger charge is 2.27. The van der Waals surface area contributed by atoms with Gasteiger partial charge < -0.3 is 10.0 Å². The van der Waals surface area contributed by atoms with Crippen LogP contribution in [0.2, 0.25) is 0 Å². The summed E-state index contributed by atoms with van der Waals surface area (Å²) in [5.41, 5.74) is -0.131. The standard InChI is InChI=1S/C13H12N2O5/c1-3-7-14(8-11(16)17)13(18)12-9(2)5-4-6-10(12)15(19)20/h1,4-6H,7-8H2,2H3,(H,16,17). The van der Waals surface area contributed by atoms with E-state index in [9.17, 15) is 19.7 Å². The minimum atomic E-state index is -1.25. The number of carbonyl (C=O) groups excluding carboxylic acids is 1. The molecule has 0 atom stereocenters. The van der Waals surface area contributed by atoms with Crippen molar-refractivity contribution in [3.05, 3.63) is 39.4 Å². The predicted octanol–water partition coefficient (Wildman–Crippen LogP) is 1.06. The predicted molar refractivity (Wildman–Crippen MR) is 70.2 cm³/mol. The second-order valence-corrected chi connectivity index (χ2v) is 3.99. The van der Waals surface area contributed by atoms with Crippen LogP contribution in [0.15, 0.2) is 18.2 Å². The number of nitrogens with zero attached hydrogens (tertiary/aromatic N) is 2. The van der Waals surface area contributed by atoms with Gasteiger partial charge in [0.05, 0.1) is 11.5 Å². The number of rotatable bonds is 5. The zero-order chi connectivity index (χ0) is 15.3. The second-order valence-electron chi connectivity index (χ2n) is 3.99. The third-order valence-corrected chi connectivity index (χ3v) is 2.56. The van der Waals surface area contributed by atoms with Gasteiger partial charge in [-0.2, -0.15) is 0 Å². The Morgan fingerprint density at radius 1 is 1.50 bits per heavy atom. The maximum absolute atomic E-state index is 12.3. The fourth-order valence-electron chi connectivity index (χ4n) is 1.71. The zero-order valence-electron chi connectivity index (χ0n) is 10.7. The molecule has 1 N–H and O–H groups in total. The molecule has 7 heteroatoms. The molecule has 0 fully saturated rings. The first-order chi connectivity index (χ1) is 9.38. The maximum Gasteiger partial charge on any atom is 0.323 e. The van der Waals surface area contributed by atoms with E-state index in [-0.39, 0.29) is 17.8 Å². The second kappa shape index (κ2) is 6.33. The van der Waals surface area contributed by atoms with Crippen LogP contribution in [0.25, 0.3) is 0 Å². The van der Waals surface area contributed by atoms with E-state index < -0.39 is 23.3 Å². The highest BCUT2D eigenvalue weighted by molar-refractivity contribution is 6.00. The van der Waals surface area contributed by atoms with Gasteiger partial charge in [-0.15, -0.1) is 6.42 Å². The number of carbonyl (C=O) groups is 2. The van der Waals surface area contributed by atoms with Crippen molar-refractivity contribution in [3.63, 3.8) is 0 Å². The molecule has 1 aromatic rings. The average molecular weight is 276 g/mol. The summed E-state index contributed by atoms with van der Waals surface area (Å²) in [5, 5.41) is 19.7. The normalized spacial score (nSPS) is 9.60. The van der Waals surface area contributed by atoms with Crippen LogP contribution < -0.4 is 0 Å². The van der Waals surface area contributed by atoms with Crippen molar-refractivity contribution in [2.45, 2.75) is 6.92 Å². The molecular formula is C13H12N2O5. The topological polar surface area (TPSA) is 101 Å². The van der Waals surface area contributed by atoms with Crippen LogP contribution in [0.3, 0.4) is 0 Å². The van der Waals surface area contributed by atoms with Gasteiger partial charge in [-0.25, -0.2) is 0 Å². The minimum absolute atomic E-state index is 0.144. The molecule has 0 unspecified atom stereocenters. The number of carboxylic acid groups (broad SMARTS) is 1. The maximum atomic E-state index is 12.3. The Labute approximate surface area is 115 Å². The SMILES string of the molecule is C#CCN(CC(=O)O)C(=O)c1c(C)cccc1[N+](=O)[O-]. The Bertz CT molecular complexity index is 603. The molecule has 0 bridgehead atoms. The zero-order valence-corrected chi connectivity index (χ0v) is 10.7. The summed E-state index contributed by atoms with van der Waals surface area (Å²) >= 11 is 0. The summed E-state index contributed by atoms with van der Waals surface area (Å²) in [5.74, 6) is 0.150. The highest BCUT2D eigenvalue weighted by atomic mass is 16.6. The van der Waals surface area contributed by atoms with E-state index >= 15 is 0 Å². The largest absolute Gasteiger partial charge is 0.480 e. The van der Waals surface area contributed by atoms with E-state index in [1.54, 1.807) is 0 Å². The molecule has 0 aliphatic rings. The number of amides is 1. The Hall–Kier alpha value is -2.88. The number of hydrogen-bond acceptors (Lipinski definition) is 4. The Kier molecular flexibility index (Phi) is 4.81. The number of carboxylic acids is 1. The summed E-state index contributed by atoms with van der Waals surface area (Å²) in [6.45, 7) is 0.681. The van der Waals surface area contributed by atoms with Crippen LogP contribution in [-0.4, -0.2) is 39.9 Å². The van der Waals surface area contributed by atoms with E-state index in [1.165, 1.54) is 25.1 Å². The quantitative estimate of drug-likeness (QED) is 0.492. The van der Waals surface area contributed by atoms with Crippen molar-refractivity contribution < 1.29 is 19.6 Å². The number of benzene rings is 1. The molecule has 0 saturated heterocycles. The van der Waals surface area contributed by atoms with Crippen molar-refractivity contribution in [2.75, 3.05) is 13.1 Å². The summed E-state index contributed by atoms with van der Waals surface area (Å²) in [6, 6.07) is 4.18. The number of nitro groups is 1. The van der Waals surface area contributed by atoms with Gasteiger partial charge in [-0.05, 0) is 12.5 Å². The fourth-order valence-corrected chi connectivity index (χ4v) is 1.71. The Balaban J connectivity index is 3.28. The van der Waals surface area contributed by atoms with Crippen LogP contribution in [0.5, 0.6) is 0 Å². The van der Waals surface area contributed by atoms with Gasteiger partial charge in [-0.1, -0.05) is 18.1 Å². The molecule has 1 aromatic carbocycles. The number of hydrogen-bond donors (Lipinski definition) is 1. The van der Waals surface area contributed by atoms with E-state index in [1.807, 2.05) is 0 Å². The lowest BCUT2D eigenvalue weighted by Gasteiger charge is -2.18. The van der Waals surface area contributed by atoms with Gasteiger partial charge in [0.1, 0.15) is 12.1 Å². The van der Waals surface area contributed by atoms with E-state index in [4.69, 9.17) is 11.5 Å². The monoisotopic (exact) mass is 276 g/mol. The molecule has 0 saturated carbocycles. The first kappa shape index (κ1) is 15.2. The van der Waals surface area contributed by atoms with Crippen molar-refractivity contribution in [1.29, 1.82) is 0 Å². The molecule has 0 aliphatic heterocycles. The number of nitro benzene ring substituents is 1. The third kappa shape index (κ3) is 3.32. The first-order valence-electron chi connectivity index (χ1n) is 5.57. The molecular weight excluding hydrogens is 264 g/mol. The summed E-state index contributed by atoms with van der Waals surface area (Å²) in [7, 11) is 0. The van der Waals surface area contributed by atoms with Crippen molar-refractivity contribution >= 4 is 17.6 Å². The first-order valence-corrected chi connectivity index (χ1v) is 5.57. The van der Waals surface area contributed by atoms with Crippen LogP contribution >= 0.6 is 0 Å². The van der Waals surface area contributed by atoms with Crippen molar-refractivity contribution in [1.82, 2.24) is 4.90 Å². The average Bonchev–Trinajstić information content (AvgIpc) is 2.36. The third-order valence-electron chi connectivity index (χ3n) is 2.56. The van der Waals surface area contributed by atoms with Crippen LogP contribution in [-0.2, 0) is 4.79 Å². The molecule has 104 valence electrons. The highest BCUT2D eigenvalue weighted by Crippen LogP contribution is 2.23. The lowest BCUT2D eigenvalue weighted by Crippen LogP contribution is -2.36. The van der Waals surface area contributed by atoms with Crippen molar-refractivity contribution in [3.8, 4) is 12.3 Å². The lowest BCUT2D eigenvalue weighted by atomic mass is 10.1. The summed E-state index contributed by atoms with van der Waals surface area (Å²) < 4.78 is 0. The van der Waals surface area contributed by atoms with Gasteiger partial charge >= 0.3 is 5.97 Å². The van der Waals surface area contributed by atoms with Gasteiger partial charge in [-0.3, -0.25) is 19.7 Å². The summed E-state index contributed by atoms with van der Waals surface area (Å²) in [4.78, 5) is 34.2. The minimum Gasteiger partial charge on any atom is -0.480 e. The number of aryl methyl sites for hydroxylation is 1.